The Morgan fingerprint density at radius 3 is 2.30 bits per heavy atom. The van der Waals surface area contributed by atoms with E-state index in [0.717, 1.165) is 16.9 Å². The van der Waals surface area contributed by atoms with E-state index < -0.39 is 10.0 Å². The average molecular weight is 357 g/mol. The van der Waals surface area contributed by atoms with Crippen LogP contribution in [0.25, 0.3) is 10.2 Å². The number of hydrogen-bond donors (Lipinski definition) is 1. The van der Waals surface area contributed by atoms with Crippen LogP contribution in [-0.4, -0.2) is 19.0 Å². The molecule has 0 fully saturated rings. The van der Waals surface area contributed by atoms with Crippen LogP contribution in [0.15, 0.2) is 27.9 Å². The molecule has 0 aliphatic carbocycles. The van der Waals surface area contributed by atoms with Gasteiger partial charge in [-0.15, -0.1) is 0 Å². The topological polar surface area (TPSA) is 68.2 Å². The van der Waals surface area contributed by atoms with Crippen molar-refractivity contribution in [2.75, 3.05) is 0 Å². The number of nitrogens with one attached hydrogen (secondary N) is 1. The maximum Gasteiger partial charge on any atom is 0.308 e. The summed E-state index contributed by atoms with van der Waals surface area (Å²) in [5, 5.41) is 0. The van der Waals surface area contributed by atoms with Gasteiger partial charge in [0, 0.05) is 12.6 Å². The number of benzene rings is 1. The van der Waals surface area contributed by atoms with E-state index >= 15 is 0 Å². The monoisotopic (exact) mass is 356 g/mol. The van der Waals surface area contributed by atoms with Crippen LogP contribution < -0.4 is 9.60 Å². The largest absolute Gasteiger partial charge is 0.308 e. The molecule has 5 nitrogen and oxygen atoms in total. The van der Waals surface area contributed by atoms with Crippen LogP contribution in [0.3, 0.4) is 0 Å². The van der Waals surface area contributed by atoms with Crippen LogP contribution in [0.4, 0.5) is 0 Å². The van der Waals surface area contributed by atoms with E-state index in [1.165, 1.54) is 0 Å². The smallest absolute Gasteiger partial charge is 0.299 e. The number of nitrogens with zero attached hydrogens (tertiary/aromatic N) is 1. The molecule has 1 N–H and O–H groups in total. The van der Waals surface area contributed by atoms with Gasteiger partial charge in [-0.2, -0.15) is 0 Å². The molecular weight excluding hydrogens is 332 g/mol. The molecule has 0 amide bonds. The highest BCUT2D eigenvalue weighted by Crippen LogP contribution is 2.23. The first-order chi connectivity index (χ1) is 10.7. The predicted molar refractivity (Wildman–Crippen MR) is 95.5 cm³/mol. The van der Waals surface area contributed by atoms with Gasteiger partial charge in [0.2, 0.25) is 10.0 Å². The van der Waals surface area contributed by atoms with Gasteiger partial charge in [-0.3, -0.25) is 9.36 Å². The highest BCUT2D eigenvalue weighted by Gasteiger charge is 2.25. The van der Waals surface area contributed by atoms with Crippen molar-refractivity contribution in [1.29, 1.82) is 0 Å². The second-order valence-corrected chi connectivity index (χ2v) is 9.08. The van der Waals surface area contributed by atoms with Gasteiger partial charge >= 0.3 is 4.87 Å². The number of fused-ring (bicyclic) bond motifs is 1. The quantitative estimate of drug-likeness (QED) is 0.865. The molecule has 0 saturated heterocycles. The van der Waals surface area contributed by atoms with Crippen molar-refractivity contribution < 1.29 is 8.42 Å². The van der Waals surface area contributed by atoms with Crippen molar-refractivity contribution >= 4 is 31.6 Å². The molecule has 128 valence electrons. The lowest BCUT2D eigenvalue weighted by Crippen LogP contribution is -2.42. The molecule has 1 aromatic carbocycles. The molecule has 0 spiro atoms. The van der Waals surface area contributed by atoms with Gasteiger partial charge in [0.15, 0.2) is 0 Å². The van der Waals surface area contributed by atoms with Crippen molar-refractivity contribution in [2.24, 2.45) is 11.8 Å². The first-order valence-electron chi connectivity index (χ1n) is 7.83. The molecule has 0 aliphatic rings. The van der Waals surface area contributed by atoms with Gasteiger partial charge in [0.25, 0.3) is 0 Å². The molecule has 0 aliphatic heterocycles. The third kappa shape index (κ3) is 3.67. The van der Waals surface area contributed by atoms with Crippen molar-refractivity contribution in [3.8, 4) is 0 Å². The van der Waals surface area contributed by atoms with Crippen LogP contribution >= 0.6 is 11.3 Å². The second-order valence-electron chi connectivity index (χ2n) is 6.38. The number of thiazole rings is 1. The zero-order chi connectivity index (χ0) is 17.4. The zero-order valence-corrected chi connectivity index (χ0v) is 15.8. The summed E-state index contributed by atoms with van der Waals surface area (Å²) in [6.07, 6.45) is 0. The van der Waals surface area contributed by atoms with Crippen LogP contribution in [-0.2, 0) is 16.6 Å². The number of sulfonamides is 1. The molecule has 2 aromatic rings. The third-order valence-electron chi connectivity index (χ3n) is 3.99. The van der Waals surface area contributed by atoms with Crippen LogP contribution in [0, 0.1) is 11.8 Å². The van der Waals surface area contributed by atoms with Gasteiger partial charge in [-0.25, -0.2) is 13.1 Å². The Kier molecular flexibility index (Phi) is 5.33. The summed E-state index contributed by atoms with van der Waals surface area (Å²) in [6.45, 7) is 10.5. The minimum Gasteiger partial charge on any atom is -0.299 e. The Balaban J connectivity index is 2.44. The predicted octanol–water partition coefficient (Wildman–Crippen LogP) is 3.04. The average Bonchev–Trinajstić information content (AvgIpc) is 2.78. The second kappa shape index (κ2) is 6.75. The summed E-state index contributed by atoms with van der Waals surface area (Å²) in [5.41, 5.74) is 0.783. The Morgan fingerprint density at radius 1 is 1.17 bits per heavy atom. The van der Waals surface area contributed by atoms with Gasteiger partial charge < -0.3 is 0 Å². The minimum absolute atomic E-state index is 0.0627. The Morgan fingerprint density at radius 2 is 1.78 bits per heavy atom. The van der Waals surface area contributed by atoms with Crippen LogP contribution in [0.2, 0.25) is 0 Å². The van der Waals surface area contributed by atoms with E-state index in [1.54, 1.807) is 22.8 Å². The highest BCUT2D eigenvalue weighted by atomic mass is 32.2. The lowest BCUT2D eigenvalue weighted by molar-refractivity contribution is 0.355. The van der Waals surface area contributed by atoms with Gasteiger partial charge in [-0.05, 0) is 37.0 Å². The first kappa shape index (κ1) is 18.2. The van der Waals surface area contributed by atoms with E-state index in [9.17, 15) is 13.2 Å². The molecule has 0 atom stereocenters. The molecule has 23 heavy (non-hydrogen) atoms. The van der Waals surface area contributed by atoms with Crippen molar-refractivity contribution in [3.05, 3.63) is 27.9 Å². The Labute approximate surface area is 141 Å². The molecule has 0 unspecified atom stereocenters. The molecule has 0 saturated carbocycles. The van der Waals surface area contributed by atoms with Gasteiger partial charge in [-0.1, -0.05) is 39.0 Å². The highest BCUT2D eigenvalue weighted by molar-refractivity contribution is 7.89. The molecule has 1 heterocycles. The lowest BCUT2D eigenvalue weighted by Gasteiger charge is -2.25. The fraction of sp³-hybridized carbons (Fsp3) is 0.562. The molecule has 7 heteroatoms. The van der Waals surface area contributed by atoms with E-state index in [1.807, 2.05) is 34.6 Å². The molecule has 0 radical (unpaired) electrons. The van der Waals surface area contributed by atoms with Crippen LogP contribution in [0.1, 0.15) is 34.6 Å². The summed E-state index contributed by atoms with van der Waals surface area (Å²) in [6, 6.07) is 4.74. The Hall–Kier alpha value is -1.18. The number of hydrogen-bond acceptors (Lipinski definition) is 4. The van der Waals surface area contributed by atoms with Crippen molar-refractivity contribution in [3.63, 3.8) is 0 Å². The van der Waals surface area contributed by atoms with E-state index in [2.05, 4.69) is 4.72 Å². The summed E-state index contributed by atoms with van der Waals surface area (Å²) in [7, 11) is -3.61. The third-order valence-corrected chi connectivity index (χ3v) is 6.39. The van der Waals surface area contributed by atoms with Crippen LogP contribution in [0.5, 0.6) is 0 Å². The maximum absolute atomic E-state index is 12.7. The number of rotatable bonds is 6. The van der Waals surface area contributed by atoms with E-state index in [0.29, 0.717) is 11.2 Å². The first-order valence-corrected chi connectivity index (χ1v) is 10.1. The SMILES string of the molecule is CCn1c(=O)sc2cc(S(=O)(=O)NC(C(C)C)C(C)C)ccc21. The summed E-state index contributed by atoms with van der Waals surface area (Å²) in [5.74, 6) is 0.400. The summed E-state index contributed by atoms with van der Waals surface area (Å²) >= 11 is 1.08. The van der Waals surface area contributed by atoms with Gasteiger partial charge in [0.05, 0.1) is 15.1 Å². The van der Waals surface area contributed by atoms with Crippen molar-refractivity contribution in [1.82, 2.24) is 9.29 Å². The fourth-order valence-corrected chi connectivity index (χ4v) is 5.43. The molecule has 1 aromatic heterocycles. The number of aromatic nitrogens is 1. The number of aryl methyl sites for hydroxylation is 1. The van der Waals surface area contributed by atoms with Gasteiger partial charge in [0.1, 0.15) is 0 Å². The summed E-state index contributed by atoms with van der Waals surface area (Å²) in [4.78, 5) is 12.0. The maximum atomic E-state index is 12.7. The molecule has 2 rings (SSSR count). The standard InChI is InChI=1S/C16H24N2O3S2/c1-6-18-13-8-7-12(9-14(13)22-16(18)19)23(20,21)17-15(10(2)3)11(4)5/h7-11,15,17H,6H2,1-5H3. The summed E-state index contributed by atoms with van der Waals surface area (Å²) < 4.78 is 30.5. The fourth-order valence-electron chi connectivity index (χ4n) is 2.80. The van der Waals surface area contributed by atoms with E-state index in [-0.39, 0.29) is 27.6 Å². The lowest BCUT2D eigenvalue weighted by atomic mass is 9.94. The minimum atomic E-state index is -3.61. The molecular formula is C16H24N2O3S2. The zero-order valence-electron chi connectivity index (χ0n) is 14.2. The van der Waals surface area contributed by atoms with Crippen molar-refractivity contribution in [2.45, 2.75) is 52.1 Å². The normalized spacial score (nSPS) is 12.9. The molecule has 0 bridgehead atoms. The van der Waals surface area contributed by atoms with E-state index in [4.69, 9.17) is 0 Å². The Bertz CT molecular complexity index is 840.